The Morgan fingerprint density at radius 3 is 2.54 bits per heavy atom. The Hall–Kier alpha value is -2.73. The van der Waals surface area contributed by atoms with Gasteiger partial charge in [0.25, 0.3) is 5.95 Å². The third-order valence-electron chi connectivity index (χ3n) is 4.54. The molecular weight excluding hydrogens is 350 g/mol. The lowest BCUT2D eigenvalue weighted by molar-refractivity contribution is -0.116. The molecule has 0 saturated carbocycles. The fraction of sp³-hybridized carbons (Fsp3) is 0.263. The lowest BCUT2D eigenvalue weighted by atomic mass is 9.86. The van der Waals surface area contributed by atoms with E-state index in [0.717, 1.165) is 28.2 Å². The lowest BCUT2D eigenvalue weighted by Crippen LogP contribution is -2.25. The van der Waals surface area contributed by atoms with Gasteiger partial charge in [-0.15, -0.1) is 0 Å². The summed E-state index contributed by atoms with van der Waals surface area (Å²) in [6.07, 6.45) is 0.330. The first kappa shape index (κ1) is 16.7. The van der Waals surface area contributed by atoms with Gasteiger partial charge in [-0.3, -0.25) is 4.79 Å². The highest BCUT2D eigenvalue weighted by Crippen LogP contribution is 2.41. The molecule has 1 N–H and O–H groups in total. The van der Waals surface area contributed by atoms with E-state index < -0.39 is 0 Å². The zero-order chi connectivity index (χ0) is 18.4. The van der Waals surface area contributed by atoms with Crippen LogP contribution in [0.15, 0.2) is 30.3 Å². The lowest BCUT2D eigenvalue weighted by Gasteiger charge is -2.24. The van der Waals surface area contributed by atoms with Crippen LogP contribution in [-0.4, -0.2) is 25.7 Å². The van der Waals surface area contributed by atoms with Crippen molar-refractivity contribution in [2.45, 2.75) is 33.1 Å². The quantitative estimate of drug-likeness (QED) is 0.749. The minimum Gasteiger partial charge on any atom is -0.310 e. The van der Waals surface area contributed by atoms with Gasteiger partial charge in [0.1, 0.15) is 5.82 Å². The molecule has 1 amide bonds. The molecule has 1 aliphatic rings. The maximum atomic E-state index is 12.4. The Balaban J connectivity index is 1.92. The first-order chi connectivity index (χ1) is 12.4. The third-order valence-corrected chi connectivity index (χ3v) is 4.89. The molecule has 1 atom stereocenters. The number of halogens is 1. The van der Waals surface area contributed by atoms with Crippen molar-refractivity contribution in [3.05, 3.63) is 63.6 Å². The van der Waals surface area contributed by atoms with Gasteiger partial charge in [0.05, 0.1) is 5.69 Å². The Kier molecular flexibility index (Phi) is 4.00. The molecule has 6 nitrogen and oxygen atoms in total. The molecule has 4 rings (SSSR count). The number of rotatable bonds is 2. The third kappa shape index (κ3) is 2.76. The number of carbonyl (C=O) groups is 1. The number of aryl methyl sites for hydroxylation is 3. The van der Waals surface area contributed by atoms with Gasteiger partial charge < -0.3 is 5.32 Å². The normalized spacial score (nSPS) is 16.3. The summed E-state index contributed by atoms with van der Waals surface area (Å²) in [4.78, 5) is 21.4. The second kappa shape index (κ2) is 6.21. The number of aromatic nitrogens is 4. The van der Waals surface area contributed by atoms with Crippen LogP contribution >= 0.6 is 11.6 Å². The van der Waals surface area contributed by atoms with E-state index in [1.165, 1.54) is 0 Å². The van der Waals surface area contributed by atoms with Crippen LogP contribution in [0, 0.1) is 20.8 Å². The number of fused-ring (bicyclic) bond motifs is 1. The number of anilines is 1. The van der Waals surface area contributed by atoms with Gasteiger partial charge in [-0.05, 0) is 38.5 Å². The molecule has 2 aromatic heterocycles. The van der Waals surface area contributed by atoms with Gasteiger partial charge in [0, 0.05) is 34.3 Å². The molecule has 3 aromatic rings. The molecule has 0 saturated heterocycles. The molecule has 1 aliphatic heterocycles. The SMILES string of the molecule is Cc1cc(C)nc(-n2nc(C)c3c2NC(=O)CC3c2ccccc2Cl)n1. The Labute approximate surface area is 156 Å². The van der Waals surface area contributed by atoms with E-state index in [-0.39, 0.29) is 11.8 Å². The molecule has 3 heterocycles. The fourth-order valence-electron chi connectivity index (χ4n) is 3.52. The molecule has 26 heavy (non-hydrogen) atoms. The molecule has 1 aromatic carbocycles. The van der Waals surface area contributed by atoms with E-state index in [4.69, 9.17) is 11.6 Å². The molecule has 0 bridgehead atoms. The van der Waals surface area contributed by atoms with Crippen LogP contribution in [0.1, 0.15) is 40.5 Å². The van der Waals surface area contributed by atoms with Crippen molar-refractivity contribution in [2.24, 2.45) is 0 Å². The number of hydrogen-bond donors (Lipinski definition) is 1. The van der Waals surface area contributed by atoms with Crippen LogP contribution in [0.3, 0.4) is 0 Å². The van der Waals surface area contributed by atoms with Crippen LogP contribution in [0.25, 0.3) is 5.95 Å². The molecule has 132 valence electrons. The summed E-state index contributed by atoms with van der Waals surface area (Å²) in [6, 6.07) is 9.52. The largest absolute Gasteiger partial charge is 0.310 e. The van der Waals surface area contributed by atoms with E-state index >= 15 is 0 Å². The van der Waals surface area contributed by atoms with Gasteiger partial charge >= 0.3 is 0 Å². The summed E-state index contributed by atoms with van der Waals surface area (Å²) in [5.41, 5.74) is 4.40. The van der Waals surface area contributed by atoms with Gasteiger partial charge in [0.2, 0.25) is 5.91 Å². The number of carbonyl (C=O) groups excluding carboxylic acids is 1. The first-order valence-electron chi connectivity index (χ1n) is 8.40. The molecule has 0 radical (unpaired) electrons. The molecule has 0 aliphatic carbocycles. The van der Waals surface area contributed by atoms with Crippen molar-refractivity contribution in [1.82, 2.24) is 19.7 Å². The van der Waals surface area contributed by atoms with E-state index in [1.54, 1.807) is 4.68 Å². The van der Waals surface area contributed by atoms with Crippen molar-refractivity contribution in [2.75, 3.05) is 5.32 Å². The Bertz CT molecular complexity index is 1010. The minimum atomic E-state index is -0.146. The Morgan fingerprint density at radius 1 is 1.15 bits per heavy atom. The monoisotopic (exact) mass is 367 g/mol. The topological polar surface area (TPSA) is 72.7 Å². The zero-order valence-corrected chi connectivity index (χ0v) is 15.5. The van der Waals surface area contributed by atoms with Crippen LogP contribution in [0.4, 0.5) is 5.82 Å². The van der Waals surface area contributed by atoms with Crippen molar-refractivity contribution < 1.29 is 4.79 Å². The predicted molar refractivity (Wildman–Crippen MR) is 99.9 cm³/mol. The summed E-state index contributed by atoms with van der Waals surface area (Å²) in [5.74, 6) is 0.848. The maximum absolute atomic E-state index is 12.4. The summed E-state index contributed by atoms with van der Waals surface area (Å²) < 4.78 is 1.62. The number of benzene rings is 1. The fourth-order valence-corrected chi connectivity index (χ4v) is 3.78. The number of nitrogens with zero attached hydrogens (tertiary/aromatic N) is 4. The van der Waals surface area contributed by atoms with Crippen LogP contribution in [0.5, 0.6) is 0 Å². The molecule has 7 heteroatoms. The number of amides is 1. The van der Waals surface area contributed by atoms with Crippen molar-refractivity contribution in [3.63, 3.8) is 0 Å². The highest BCUT2D eigenvalue weighted by atomic mass is 35.5. The van der Waals surface area contributed by atoms with Crippen LogP contribution in [0.2, 0.25) is 5.02 Å². The Morgan fingerprint density at radius 2 is 1.85 bits per heavy atom. The van der Waals surface area contributed by atoms with E-state index in [2.05, 4.69) is 20.4 Å². The average Bonchev–Trinajstić information content (AvgIpc) is 2.90. The predicted octanol–water partition coefficient (Wildman–Crippen LogP) is 3.72. The second-order valence-corrected chi connectivity index (χ2v) is 6.94. The van der Waals surface area contributed by atoms with Crippen molar-refractivity contribution >= 4 is 23.3 Å². The van der Waals surface area contributed by atoms with Crippen molar-refractivity contribution in [3.8, 4) is 5.95 Å². The highest BCUT2D eigenvalue weighted by Gasteiger charge is 2.34. The smallest absolute Gasteiger partial charge is 0.252 e. The average molecular weight is 368 g/mol. The first-order valence-corrected chi connectivity index (χ1v) is 8.78. The number of hydrogen-bond acceptors (Lipinski definition) is 4. The number of nitrogens with one attached hydrogen (secondary N) is 1. The molecule has 1 unspecified atom stereocenters. The van der Waals surface area contributed by atoms with Gasteiger partial charge in [-0.2, -0.15) is 9.78 Å². The van der Waals surface area contributed by atoms with Crippen LogP contribution < -0.4 is 5.32 Å². The zero-order valence-electron chi connectivity index (χ0n) is 14.7. The van der Waals surface area contributed by atoms with E-state index in [9.17, 15) is 4.79 Å². The molecular formula is C19H18ClN5O. The standard InChI is InChI=1S/C19H18ClN5O/c1-10-8-11(2)22-19(21-10)25-18-17(12(3)24-25)14(9-16(26)23-18)13-6-4-5-7-15(13)20/h4-8,14H,9H2,1-3H3,(H,23,26). The van der Waals surface area contributed by atoms with Gasteiger partial charge in [-0.1, -0.05) is 29.8 Å². The molecule has 0 spiro atoms. The van der Waals surface area contributed by atoms with Gasteiger partial charge in [-0.25, -0.2) is 9.97 Å². The van der Waals surface area contributed by atoms with Gasteiger partial charge in [0.15, 0.2) is 0 Å². The van der Waals surface area contributed by atoms with E-state index in [0.29, 0.717) is 23.2 Å². The van der Waals surface area contributed by atoms with Crippen molar-refractivity contribution in [1.29, 1.82) is 0 Å². The van der Waals surface area contributed by atoms with E-state index in [1.807, 2.05) is 51.1 Å². The summed E-state index contributed by atoms with van der Waals surface area (Å²) in [5, 5.41) is 8.21. The summed E-state index contributed by atoms with van der Waals surface area (Å²) >= 11 is 6.41. The summed E-state index contributed by atoms with van der Waals surface area (Å²) in [6.45, 7) is 5.75. The minimum absolute atomic E-state index is 0.0760. The maximum Gasteiger partial charge on any atom is 0.252 e. The molecule has 0 fully saturated rings. The second-order valence-electron chi connectivity index (χ2n) is 6.54. The van der Waals surface area contributed by atoms with Crippen LogP contribution in [-0.2, 0) is 4.79 Å². The summed E-state index contributed by atoms with van der Waals surface area (Å²) in [7, 11) is 0. The highest BCUT2D eigenvalue weighted by molar-refractivity contribution is 6.31.